The smallest absolute Gasteiger partial charge is 0.410 e. The van der Waals surface area contributed by atoms with E-state index in [0.717, 1.165) is 37.7 Å². The van der Waals surface area contributed by atoms with Crippen molar-refractivity contribution in [1.82, 2.24) is 4.90 Å². The van der Waals surface area contributed by atoms with E-state index in [1.807, 2.05) is 20.8 Å². The third-order valence-electron chi connectivity index (χ3n) is 4.69. The molecule has 0 unspecified atom stereocenters. The van der Waals surface area contributed by atoms with Gasteiger partial charge in [0.1, 0.15) is 10.5 Å². The Morgan fingerprint density at radius 1 is 1.17 bits per heavy atom. The number of carbonyl (C=O) groups is 1. The van der Waals surface area contributed by atoms with E-state index >= 15 is 0 Å². The zero-order chi connectivity index (χ0) is 21.8. The molecule has 0 atom stereocenters. The standard InChI is InChI=1S/C20H29F2NO5S/c1-20(2,3)28-19(24)23-11-9-14(10-12-23)6-5-13-27-15-7-8-16(29(4,25)26)18(22)17(15)21/h7-8,14H,5-6,9-13H2,1-4H3. The minimum absolute atomic E-state index is 0.195. The van der Waals surface area contributed by atoms with Crippen LogP contribution >= 0.6 is 0 Å². The van der Waals surface area contributed by atoms with Crippen LogP contribution in [0.3, 0.4) is 0 Å². The lowest BCUT2D eigenvalue weighted by atomic mass is 9.92. The van der Waals surface area contributed by atoms with Crippen LogP contribution in [0.4, 0.5) is 13.6 Å². The maximum Gasteiger partial charge on any atom is 0.410 e. The summed E-state index contributed by atoms with van der Waals surface area (Å²) < 4.78 is 61.4. The van der Waals surface area contributed by atoms with Crippen molar-refractivity contribution in [3.8, 4) is 5.75 Å². The Hall–Kier alpha value is -1.90. The number of nitrogens with zero attached hydrogens (tertiary/aromatic N) is 1. The Kier molecular flexibility index (Phi) is 7.48. The number of benzene rings is 1. The van der Waals surface area contributed by atoms with Crippen LogP contribution in [-0.4, -0.2) is 51.0 Å². The van der Waals surface area contributed by atoms with E-state index in [0.29, 0.717) is 25.4 Å². The molecule has 2 rings (SSSR count). The normalized spacial score (nSPS) is 16.0. The number of ether oxygens (including phenoxy) is 2. The van der Waals surface area contributed by atoms with Gasteiger partial charge in [0.05, 0.1) is 6.61 Å². The summed E-state index contributed by atoms with van der Waals surface area (Å²) >= 11 is 0. The number of rotatable bonds is 6. The van der Waals surface area contributed by atoms with Gasteiger partial charge in [-0.2, -0.15) is 4.39 Å². The van der Waals surface area contributed by atoms with Crippen LogP contribution in [0.15, 0.2) is 17.0 Å². The summed E-state index contributed by atoms with van der Waals surface area (Å²) in [5.74, 6) is -2.58. The lowest BCUT2D eigenvalue weighted by molar-refractivity contribution is 0.0179. The topological polar surface area (TPSA) is 72.9 Å². The minimum atomic E-state index is -3.84. The minimum Gasteiger partial charge on any atom is -0.490 e. The molecular weight excluding hydrogens is 404 g/mol. The van der Waals surface area contributed by atoms with Crippen molar-refractivity contribution >= 4 is 15.9 Å². The van der Waals surface area contributed by atoms with E-state index in [1.165, 1.54) is 0 Å². The summed E-state index contributed by atoms with van der Waals surface area (Å²) in [6.45, 7) is 6.96. The Balaban J connectivity index is 1.76. The van der Waals surface area contributed by atoms with Gasteiger partial charge in [0.25, 0.3) is 0 Å². The van der Waals surface area contributed by atoms with Gasteiger partial charge in [-0.25, -0.2) is 17.6 Å². The zero-order valence-corrected chi connectivity index (χ0v) is 18.2. The van der Waals surface area contributed by atoms with Gasteiger partial charge in [0.2, 0.25) is 5.82 Å². The second-order valence-corrected chi connectivity index (χ2v) is 10.3. The first-order chi connectivity index (χ1) is 13.4. The fourth-order valence-corrected chi connectivity index (χ4v) is 3.93. The molecule has 9 heteroatoms. The predicted molar refractivity (Wildman–Crippen MR) is 105 cm³/mol. The highest BCUT2D eigenvalue weighted by Crippen LogP contribution is 2.27. The molecule has 1 aliphatic heterocycles. The maximum absolute atomic E-state index is 14.0. The molecule has 29 heavy (non-hydrogen) atoms. The van der Waals surface area contributed by atoms with Crippen LogP contribution in [0.25, 0.3) is 0 Å². The number of sulfone groups is 1. The summed E-state index contributed by atoms with van der Waals surface area (Å²) in [4.78, 5) is 13.1. The number of hydrogen-bond acceptors (Lipinski definition) is 5. The molecule has 0 spiro atoms. The lowest BCUT2D eigenvalue weighted by Crippen LogP contribution is -2.41. The molecule has 1 aromatic rings. The van der Waals surface area contributed by atoms with Crippen molar-refractivity contribution < 1.29 is 31.5 Å². The average Bonchev–Trinajstić information content (AvgIpc) is 2.60. The van der Waals surface area contributed by atoms with Crippen LogP contribution in [0.1, 0.15) is 46.5 Å². The monoisotopic (exact) mass is 433 g/mol. The third kappa shape index (κ3) is 6.83. The highest BCUT2D eigenvalue weighted by Gasteiger charge is 2.26. The summed E-state index contributed by atoms with van der Waals surface area (Å²) in [7, 11) is -3.84. The Bertz CT molecular complexity index is 828. The molecule has 1 aromatic carbocycles. The summed E-state index contributed by atoms with van der Waals surface area (Å²) in [6.07, 6.45) is 3.71. The fraction of sp³-hybridized carbons (Fsp3) is 0.650. The highest BCUT2D eigenvalue weighted by atomic mass is 32.2. The Morgan fingerprint density at radius 2 is 1.79 bits per heavy atom. The highest BCUT2D eigenvalue weighted by molar-refractivity contribution is 7.90. The van der Waals surface area contributed by atoms with Crippen LogP contribution in [0.5, 0.6) is 5.75 Å². The van der Waals surface area contributed by atoms with Gasteiger partial charge in [-0.1, -0.05) is 0 Å². The second-order valence-electron chi connectivity index (χ2n) is 8.36. The van der Waals surface area contributed by atoms with Gasteiger partial charge < -0.3 is 14.4 Å². The zero-order valence-electron chi connectivity index (χ0n) is 17.3. The van der Waals surface area contributed by atoms with Crippen molar-refractivity contribution in [1.29, 1.82) is 0 Å². The molecule has 164 valence electrons. The molecule has 0 aliphatic carbocycles. The first kappa shape index (κ1) is 23.4. The van der Waals surface area contributed by atoms with Crippen molar-refractivity contribution in [2.24, 2.45) is 5.92 Å². The van der Waals surface area contributed by atoms with Crippen LogP contribution < -0.4 is 4.74 Å². The van der Waals surface area contributed by atoms with Crippen molar-refractivity contribution in [3.05, 3.63) is 23.8 Å². The van der Waals surface area contributed by atoms with E-state index in [4.69, 9.17) is 9.47 Å². The lowest BCUT2D eigenvalue weighted by Gasteiger charge is -2.33. The fourth-order valence-electron chi connectivity index (χ4n) is 3.20. The quantitative estimate of drug-likeness (QED) is 0.630. The van der Waals surface area contributed by atoms with Gasteiger partial charge in [0.15, 0.2) is 21.4 Å². The number of likely N-dealkylation sites (tertiary alicyclic amines) is 1. The molecule has 1 fully saturated rings. The van der Waals surface area contributed by atoms with Gasteiger partial charge in [-0.15, -0.1) is 0 Å². The average molecular weight is 434 g/mol. The summed E-state index contributed by atoms with van der Waals surface area (Å²) in [5, 5.41) is 0. The molecule has 1 amide bonds. The molecule has 0 bridgehead atoms. The number of carbonyl (C=O) groups excluding carboxylic acids is 1. The van der Waals surface area contributed by atoms with Crippen molar-refractivity contribution in [3.63, 3.8) is 0 Å². The van der Waals surface area contributed by atoms with E-state index in [1.54, 1.807) is 4.90 Å². The van der Waals surface area contributed by atoms with E-state index < -0.39 is 32.0 Å². The second kappa shape index (κ2) is 9.28. The van der Waals surface area contributed by atoms with E-state index in [-0.39, 0.29) is 18.4 Å². The molecule has 0 aromatic heterocycles. The van der Waals surface area contributed by atoms with Gasteiger partial charge in [-0.3, -0.25) is 0 Å². The third-order valence-corrected chi connectivity index (χ3v) is 5.81. The van der Waals surface area contributed by atoms with Crippen LogP contribution in [-0.2, 0) is 14.6 Å². The summed E-state index contributed by atoms with van der Waals surface area (Å²) in [6, 6.07) is 2.14. The van der Waals surface area contributed by atoms with Crippen molar-refractivity contribution in [2.45, 2.75) is 57.0 Å². The molecule has 6 nitrogen and oxygen atoms in total. The number of hydrogen-bond donors (Lipinski definition) is 0. The predicted octanol–water partition coefficient (Wildman–Crippen LogP) is 4.17. The number of amides is 1. The Morgan fingerprint density at radius 3 is 2.34 bits per heavy atom. The summed E-state index contributed by atoms with van der Waals surface area (Å²) in [5.41, 5.74) is -0.514. The first-order valence-corrected chi connectivity index (χ1v) is 11.6. The van der Waals surface area contributed by atoms with Gasteiger partial charge >= 0.3 is 6.09 Å². The SMILES string of the molecule is CC(C)(C)OC(=O)N1CCC(CCCOc2ccc(S(C)(=O)=O)c(F)c2F)CC1. The number of halogens is 2. The van der Waals surface area contributed by atoms with E-state index in [9.17, 15) is 22.0 Å². The first-order valence-electron chi connectivity index (χ1n) is 9.67. The van der Waals surface area contributed by atoms with Gasteiger partial charge in [-0.05, 0) is 64.5 Å². The molecule has 0 radical (unpaired) electrons. The molecule has 1 heterocycles. The van der Waals surface area contributed by atoms with Gasteiger partial charge in [0, 0.05) is 19.3 Å². The molecule has 1 aliphatic rings. The Labute approximate surface area is 171 Å². The number of piperidine rings is 1. The molecule has 1 saturated heterocycles. The van der Waals surface area contributed by atoms with Crippen LogP contribution in [0.2, 0.25) is 0 Å². The molecule has 0 saturated carbocycles. The molecule has 0 N–H and O–H groups in total. The largest absolute Gasteiger partial charge is 0.490 e. The maximum atomic E-state index is 14.0. The molecular formula is C20H29F2NO5S. The van der Waals surface area contributed by atoms with E-state index in [2.05, 4.69) is 0 Å². The van der Waals surface area contributed by atoms with Crippen LogP contribution in [0, 0.1) is 17.6 Å². The van der Waals surface area contributed by atoms with Crippen molar-refractivity contribution in [2.75, 3.05) is 26.0 Å².